The number of hydrogen-bond acceptors (Lipinski definition) is 5. The number of aryl methyl sites for hydroxylation is 2. The van der Waals surface area contributed by atoms with Gasteiger partial charge in [-0.05, 0) is 37.3 Å². The van der Waals surface area contributed by atoms with E-state index in [1.165, 1.54) is 53.0 Å². The lowest BCUT2D eigenvalue weighted by Gasteiger charge is -2.08. The fraction of sp³-hybridized carbons (Fsp3) is 0.250. The van der Waals surface area contributed by atoms with Gasteiger partial charge in [-0.2, -0.15) is 5.10 Å². The molecule has 6 nitrogen and oxygen atoms in total. The van der Waals surface area contributed by atoms with Crippen molar-refractivity contribution in [2.75, 3.05) is 0 Å². The van der Waals surface area contributed by atoms with E-state index in [9.17, 15) is 14.9 Å². The number of nitrogens with zero attached hydrogens (tertiary/aromatic N) is 2. The maximum atomic E-state index is 12.1. The first kappa shape index (κ1) is 15.4. The highest BCUT2D eigenvalue weighted by molar-refractivity contribution is 7.14. The summed E-state index contributed by atoms with van der Waals surface area (Å²) in [6, 6.07) is 8.02. The molecule has 1 aliphatic carbocycles. The van der Waals surface area contributed by atoms with Crippen molar-refractivity contribution >= 4 is 29.1 Å². The average Bonchev–Trinajstić information content (AvgIpc) is 2.99. The van der Waals surface area contributed by atoms with E-state index in [0.717, 1.165) is 12.8 Å². The Bertz CT molecular complexity index is 759. The first-order valence-electron chi connectivity index (χ1n) is 7.33. The Hall–Kier alpha value is -2.54. The lowest BCUT2D eigenvalue weighted by atomic mass is 9.99. The maximum absolute atomic E-state index is 12.1. The van der Waals surface area contributed by atoms with Crippen LogP contribution in [0.2, 0.25) is 0 Å². The summed E-state index contributed by atoms with van der Waals surface area (Å²) in [6.07, 6.45) is 5.84. The maximum Gasteiger partial charge on any atom is 0.281 e. The van der Waals surface area contributed by atoms with Gasteiger partial charge in [-0.3, -0.25) is 14.9 Å². The van der Waals surface area contributed by atoms with Gasteiger partial charge >= 0.3 is 0 Å². The molecule has 0 saturated heterocycles. The molecule has 1 aromatic carbocycles. The molecule has 1 heterocycles. The minimum atomic E-state index is -0.466. The number of nitrogens with one attached hydrogen (secondary N) is 1. The normalized spacial score (nSPS) is 13.7. The van der Waals surface area contributed by atoms with Gasteiger partial charge in [0.2, 0.25) is 0 Å². The van der Waals surface area contributed by atoms with Crippen LogP contribution in [0.1, 0.15) is 38.5 Å². The molecule has 0 fully saturated rings. The Balaban J connectivity index is 1.65. The third-order valence-electron chi connectivity index (χ3n) is 3.68. The van der Waals surface area contributed by atoms with E-state index in [-0.39, 0.29) is 11.6 Å². The van der Waals surface area contributed by atoms with Crippen LogP contribution in [0.5, 0.6) is 0 Å². The van der Waals surface area contributed by atoms with Crippen molar-refractivity contribution in [3.8, 4) is 0 Å². The van der Waals surface area contributed by atoms with Gasteiger partial charge in [0.25, 0.3) is 11.6 Å². The summed E-state index contributed by atoms with van der Waals surface area (Å²) in [4.78, 5) is 24.3. The predicted molar refractivity (Wildman–Crippen MR) is 89.1 cm³/mol. The summed E-state index contributed by atoms with van der Waals surface area (Å²) in [5.41, 5.74) is 4.30. The van der Waals surface area contributed by atoms with Crippen LogP contribution in [0.3, 0.4) is 0 Å². The number of rotatable bonds is 4. The monoisotopic (exact) mass is 329 g/mol. The van der Waals surface area contributed by atoms with E-state index >= 15 is 0 Å². The second-order valence-corrected chi connectivity index (χ2v) is 6.45. The molecule has 23 heavy (non-hydrogen) atoms. The van der Waals surface area contributed by atoms with Crippen LogP contribution in [-0.2, 0) is 12.8 Å². The highest BCUT2D eigenvalue weighted by atomic mass is 32.1. The van der Waals surface area contributed by atoms with Gasteiger partial charge in [0.1, 0.15) is 0 Å². The molecule has 0 radical (unpaired) electrons. The Morgan fingerprint density at radius 3 is 2.91 bits per heavy atom. The molecule has 0 aliphatic heterocycles. The van der Waals surface area contributed by atoms with Crippen LogP contribution in [0, 0.1) is 10.1 Å². The number of hydrazone groups is 1. The number of amides is 1. The lowest BCUT2D eigenvalue weighted by molar-refractivity contribution is -0.384. The van der Waals surface area contributed by atoms with Gasteiger partial charge in [0.05, 0.1) is 16.0 Å². The average molecular weight is 329 g/mol. The molecule has 3 rings (SSSR count). The first-order valence-corrected chi connectivity index (χ1v) is 8.14. The Kier molecular flexibility index (Phi) is 4.47. The smallest absolute Gasteiger partial charge is 0.266 e. The van der Waals surface area contributed by atoms with E-state index in [2.05, 4.69) is 10.5 Å². The summed E-state index contributed by atoms with van der Waals surface area (Å²) < 4.78 is 0. The summed E-state index contributed by atoms with van der Waals surface area (Å²) in [6.45, 7) is 0. The standard InChI is InChI=1S/C16H15N3O3S/c20-16(15-9-12-5-1-2-7-14(12)23-15)18-17-10-11-4-3-6-13(8-11)19(21)22/h3-4,6,8-10H,1-2,5,7H2,(H,18,20). The van der Waals surface area contributed by atoms with Crippen molar-refractivity contribution < 1.29 is 9.72 Å². The first-order chi connectivity index (χ1) is 11.1. The molecule has 0 saturated carbocycles. The fourth-order valence-electron chi connectivity index (χ4n) is 2.54. The largest absolute Gasteiger partial charge is 0.281 e. The van der Waals surface area contributed by atoms with E-state index in [0.29, 0.717) is 10.4 Å². The van der Waals surface area contributed by atoms with Crippen molar-refractivity contribution in [2.24, 2.45) is 5.10 Å². The van der Waals surface area contributed by atoms with Gasteiger partial charge in [-0.1, -0.05) is 12.1 Å². The molecule has 1 aromatic heterocycles. The SMILES string of the molecule is O=C(NN=Cc1cccc([N+](=O)[O-])c1)c1cc2c(s1)CCCC2. The Labute approximate surface area is 137 Å². The minimum absolute atomic E-state index is 0.00814. The van der Waals surface area contributed by atoms with Crippen LogP contribution >= 0.6 is 11.3 Å². The number of nitro groups is 1. The highest BCUT2D eigenvalue weighted by Crippen LogP contribution is 2.29. The van der Waals surface area contributed by atoms with Crippen LogP contribution in [0.4, 0.5) is 5.69 Å². The third kappa shape index (κ3) is 3.62. The molecular formula is C16H15N3O3S. The van der Waals surface area contributed by atoms with Crippen molar-refractivity contribution in [1.82, 2.24) is 5.43 Å². The van der Waals surface area contributed by atoms with Gasteiger partial charge in [-0.25, -0.2) is 5.43 Å². The Morgan fingerprint density at radius 1 is 1.30 bits per heavy atom. The number of non-ortho nitro benzene ring substituents is 1. The summed E-state index contributed by atoms with van der Waals surface area (Å²) in [7, 11) is 0. The zero-order valence-electron chi connectivity index (χ0n) is 12.3. The minimum Gasteiger partial charge on any atom is -0.266 e. The number of carbonyl (C=O) groups is 1. The number of thiophene rings is 1. The molecule has 2 aromatic rings. The molecule has 1 amide bonds. The van der Waals surface area contributed by atoms with E-state index in [4.69, 9.17) is 0 Å². The second-order valence-electron chi connectivity index (χ2n) is 5.32. The zero-order chi connectivity index (χ0) is 16.2. The van der Waals surface area contributed by atoms with Crippen LogP contribution in [-0.4, -0.2) is 17.0 Å². The van der Waals surface area contributed by atoms with E-state index in [1.807, 2.05) is 6.07 Å². The Morgan fingerprint density at radius 2 is 2.13 bits per heavy atom. The van der Waals surface area contributed by atoms with E-state index < -0.39 is 4.92 Å². The summed E-state index contributed by atoms with van der Waals surface area (Å²) >= 11 is 1.52. The molecule has 0 atom stereocenters. The van der Waals surface area contributed by atoms with Gasteiger partial charge in [0, 0.05) is 22.6 Å². The van der Waals surface area contributed by atoms with Crippen LogP contribution in [0.25, 0.3) is 0 Å². The van der Waals surface area contributed by atoms with Crippen molar-refractivity contribution in [1.29, 1.82) is 0 Å². The van der Waals surface area contributed by atoms with Crippen molar-refractivity contribution in [3.63, 3.8) is 0 Å². The highest BCUT2D eigenvalue weighted by Gasteiger charge is 2.16. The number of carbonyl (C=O) groups excluding carboxylic acids is 1. The lowest BCUT2D eigenvalue weighted by Crippen LogP contribution is -2.16. The predicted octanol–water partition coefficient (Wildman–Crippen LogP) is 3.30. The molecule has 1 N–H and O–H groups in total. The van der Waals surface area contributed by atoms with Crippen molar-refractivity contribution in [3.05, 3.63) is 61.3 Å². The van der Waals surface area contributed by atoms with Gasteiger partial charge < -0.3 is 0 Å². The number of nitro benzene ring substituents is 1. The van der Waals surface area contributed by atoms with Gasteiger partial charge in [-0.15, -0.1) is 11.3 Å². The number of benzene rings is 1. The second kappa shape index (κ2) is 6.70. The molecule has 7 heteroatoms. The summed E-state index contributed by atoms with van der Waals surface area (Å²) in [5, 5.41) is 14.6. The van der Waals surface area contributed by atoms with Gasteiger partial charge in [0.15, 0.2) is 0 Å². The summed E-state index contributed by atoms with van der Waals surface area (Å²) in [5.74, 6) is -0.244. The number of hydrogen-bond donors (Lipinski definition) is 1. The molecule has 118 valence electrons. The number of fused-ring (bicyclic) bond motifs is 1. The molecule has 0 spiro atoms. The zero-order valence-corrected chi connectivity index (χ0v) is 13.1. The fourth-order valence-corrected chi connectivity index (χ4v) is 3.69. The molecular weight excluding hydrogens is 314 g/mol. The molecule has 0 unspecified atom stereocenters. The van der Waals surface area contributed by atoms with Crippen molar-refractivity contribution in [2.45, 2.75) is 25.7 Å². The topological polar surface area (TPSA) is 84.6 Å². The van der Waals surface area contributed by atoms with Crippen LogP contribution < -0.4 is 5.43 Å². The quantitative estimate of drug-likeness (QED) is 0.530. The molecule has 1 aliphatic rings. The van der Waals surface area contributed by atoms with Crippen LogP contribution in [0.15, 0.2) is 35.4 Å². The molecule has 0 bridgehead atoms. The third-order valence-corrected chi connectivity index (χ3v) is 4.92. The van der Waals surface area contributed by atoms with E-state index in [1.54, 1.807) is 12.1 Å².